The van der Waals surface area contributed by atoms with Crippen LogP contribution in [0.3, 0.4) is 0 Å². The fraction of sp³-hybridized carbons (Fsp3) is 0.312. The molecular weight excluding hydrogens is 268 g/mol. The zero-order valence-corrected chi connectivity index (χ0v) is 12.7. The van der Waals surface area contributed by atoms with Gasteiger partial charge in [0.05, 0.1) is 12.6 Å². The number of hydrogen-bond donors (Lipinski definition) is 1. The number of carbonyl (C=O) groups excluding carboxylic acids is 1. The van der Waals surface area contributed by atoms with E-state index < -0.39 is 0 Å². The number of nitrogens with zero attached hydrogens (tertiary/aromatic N) is 1. The van der Waals surface area contributed by atoms with E-state index in [0.29, 0.717) is 6.54 Å². The van der Waals surface area contributed by atoms with E-state index in [1.807, 2.05) is 54.6 Å². The first-order chi connectivity index (χ1) is 9.65. The maximum absolute atomic E-state index is 12.0. The molecule has 0 aliphatic heterocycles. The maximum Gasteiger partial charge on any atom is 0.234 e. The Hall–Kier alpha value is -1.65. The van der Waals surface area contributed by atoms with Crippen LogP contribution in [0.2, 0.25) is 0 Å². The van der Waals surface area contributed by atoms with Crippen molar-refractivity contribution >= 4 is 17.2 Å². The molecule has 0 bridgehead atoms. The average Bonchev–Trinajstić information content (AvgIpc) is 2.93. The summed E-state index contributed by atoms with van der Waals surface area (Å²) in [6.07, 6.45) is 0. The zero-order chi connectivity index (χ0) is 14.4. The molecule has 0 fully saturated rings. The molecule has 1 aromatic heterocycles. The van der Waals surface area contributed by atoms with Gasteiger partial charge in [-0.05, 0) is 31.0 Å². The van der Waals surface area contributed by atoms with Crippen LogP contribution >= 0.6 is 11.3 Å². The zero-order valence-electron chi connectivity index (χ0n) is 11.9. The number of hydrogen-bond acceptors (Lipinski definition) is 3. The molecule has 1 N–H and O–H groups in total. The largest absolute Gasteiger partial charge is 0.348 e. The lowest BCUT2D eigenvalue weighted by Crippen LogP contribution is -2.36. The molecule has 1 aromatic carbocycles. The highest BCUT2D eigenvalue weighted by molar-refractivity contribution is 7.10. The van der Waals surface area contributed by atoms with Crippen molar-refractivity contribution in [3.63, 3.8) is 0 Å². The molecule has 0 saturated heterocycles. The fourth-order valence-electron chi connectivity index (χ4n) is 2.09. The molecule has 0 aliphatic carbocycles. The number of likely N-dealkylation sites (N-methyl/N-ethyl adjacent to an activating group) is 1. The molecule has 1 amide bonds. The van der Waals surface area contributed by atoms with Gasteiger partial charge in [-0.15, -0.1) is 11.3 Å². The Balaban J connectivity index is 1.79. The molecule has 0 aliphatic rings. The van der Waals surface area contributed by atoms with Crippen LogP contribution in [0.15, 0.2) is 47.8 Å². The molecule has 3 nitrogen and oxygen atoms in total. The van der Waals surface area contributed by atoms with Gasteiger partial charge >= 0.3 is 0 Å². The fourth-order valence-corrected chi connectivity index (χ4v) is 2.83. The second kappa shape index (κ2) is 7.22. The van der Waals surface area contributed by atoms with Crippen LogP contribution in [0.25, 0.3) is 0 Å². The van der Waals surface area contributed by atoms with Crippen molar-refractivity contribution in [1.82, 2.24) is 10.2 Å². The first-order valence-corrected chi connectivity index (χ1v) is 7.58. The Labute approximate surface area is 124 Å². The van der Waals surface area contributed by atoms with Gasteiger partial charge in [0.2, 0.25) is 5.91 Å². The summed E-state index contributed by atoms with van der Waals surface area (Å²) in [5, 5.41) is 5.06. The van der Waals surface area contributed by atoms with E-state index in [2.05, 4.69) is 17.4 Å². The molecule has 1 atom stereocenters. The van der Waals surface area contributed by atoms with Crippen molar-refractivity contribution in [3.8, 4) is 0 Å². The lowest BCUT2D eigenvalue weighted by molar-refractivity contribution is -0.122. The van der Waals surface area contributed by atoms with Gasteiger partial charge in [-0.25, -0.2) is 0 Å². The molecule has 106 valence electrons. The lowest BCUT2D eigenvalue weighted by atomic mass is 10.2. The van der Waals surface area contributed by atoms with Crippen molar-refractivity contribution in [1.29, 1.82) is 0 Å². The van der Waals surface area contributed by atoms with Gasteiger partial charge in [0.25, 0.3) is 0 Å². The highest BCUT2D eigenvalue weighted by Crippen LogP contribution is 2.17. The number of carbonyl (C=O) groups is 1. The topological polar surface area (TPSA) is 32.3 Å². The average molecular weight is 288 g/mol. The Bertz CT molecular complexity index is 525. The maximum atomic E-state index is 12.0. The third-order valence-corrected chi connectivity index (χ3v) is 4.11. The number of thiophene rings is 1. The number of benzene rings is 1. The van der Waals surface area contributed by atoms with E-state index in [1.165, 1.54) is 10.4 Å². The summed E-state index contributed by atoms with van der Waals surface area (Å²) < 4.78 is 0. The van der Waals surface area contributed by atoms with Crippen molar-refractivity contribution in [3.05, 3.63) is 58.3 Å². The SMILES string of the molecule is CC(NC(=O)CN(C)Cc1ccccc1)c1cccs1. The smallest absolute Gasteiger partial charge is 0.234 e. The highest BCUT2D eigenvalue weighted by Gasteiger charge is 2.12. The van der Waals surface area contributed by atoms with E-state index >= 15 is 0 Å². The molecule has 0 radical (unpaired) electrons. The Morgan fingerprint density at radius 3 is 2.65 bits per heavy atom. The normalized spacial score (nSPS) is 12.3. The molecule has 0 saturated carbocycles. The van der Waals surface area contributed by atoms with E-state index in [1.54, 1.807) is 11.3 Å². The summed E-state index contributed by atoms with van der Waals surface area (Å²) in [5.41, 5.74) is 1.22. The van der Waals surface area contributed by atoms with Crippen molar-refractivity contribution in [2.45, 2.75) is 19.5 Å². The van der Waals surface area contributed by atoms with Crippen molar-refractivity contribution in [2.75, 3.05) is 13.6 Å². The minimum atomic E-state index is 0.0596. The summed E-state index contributed by atoms with van der Waals surface area (Å²) >= 11 is 1.67. The first kappa shape index (κ1) is 14.8. The molecule has 20 heavy (non-hydrogen) atoms. The number of nitrogens with one attached hydrogen (secondary N) is 1. The van der Waals surface area contributed by atoms with Crippen molar-refractivity contribution in [2.24, 2.45) is 0 Å². The van der Waals surface area contributed by atoms with Crippen LogP contribution in [-0.2, 0) is 11.3 Å². The predicted octanol–water partition coefficient (Wildman–Crippen LogP) is 3.06. The molecule has 2 aromatic rings. The van der Waals surface area contributed by atoms with Gasteiger partial charge in [-0.2, -0.15) is 0 Å². The second-order valence-electron chi connectivity index (χ2n) is 4.96. The highest BCUT2D eigenvalue weighted by atomic mass is 32.1. The molecule has 4 heteroatoms. The molecule has 1 unspecified atom stereocenters. The third-order valence-electron chi connectivity index (χ3n) is 3.06. The van der Waals surface area contributed by atoms with Crippen LogP contribution in [0, 0.1) is 0 Å². The minimum Gasteiger partial charge on any atom is -0.348 e. The Kier molecular flexibility index (Phi) is 5.32. The third kappa shape index (κ3) is 4.47. The number of amides is 1. The minimum absolute atomic E-state index is 0.0596. The van der Waals surface area contributed by atoms with E-state index in [4.69, 9.17) is 0 Å². The summed E-state index contributed by atoms with van der Waals surface area (Å²) in [6.45, 7) is 3.20. The van der Waals surface area contributed by atoms with E-state index in [9.17, 15) is 4.79 Å². The van der Waals surface area contributed by atoms with Crippen LogP contribution < -0.4 is 5.32 Å². The van der Waals surface area contributed by atoms with Gasteiger partial charge in [-0.1, -0.05) is 36.4 Å². The van der Waals surface area contributed by atoms with Crippen LogP contribution in [-0.4, -0.2) is 24.4 Å². The number of rotatable bonds is 6. The van der Waals surface area contributed by atoms with Crippen LogP contribution in [0.4, 0.5) is 0 Å². The molecular formula is C16H20N2OS. The van der Waals surface area contributed by atoms with Gasteiger partial charge < -0.3 is 5.32 Å². The Morgan fingerprint density at radius 2 is 2.00 bits per heavy atom. The first-order valence-electron chi connectivity index (χ1n) is 6.70. The summed E-state index contributed by atoms with van der Waals surface area (Å²) in [7, 11) is 1.96. The molecule has 1 heterocycles. The standard InChI is InChI=1S/C16H20N2OS/c1-13(15-9-6-10-20-15)17-16(19)12-18(2)11-14-7-4-3-5-8-14/h3-10,13H,11-12H2,1-2H3,(H,17,19). The van der Waals surface area contributed by atoms with E-state index in [-0.39, 0.29) is 11.9 Å². The molecule has 2 rings (SSSR count). The van der Waals surface area contributed by atoms with Crippen LogP contribution in [0.5, 0.6) is 0 Å². The summed E-state index contributed by atoms with van der Waals surface area (Å²) in [5.74, 6) is 0.0596. The lowest BCUT2D eigenvalue weighted by Gasteiger charge is -2.18. The van der Waals surface area contributed by atoms with Crippen molar-refractivity contribution < 1.29 is 4.79 Å². The predicted molar refractivity (Wildman–Crippen MR) is 83.7 cm³/mol. The quantitative estimate of drug-likeness (QED) is 0.886. The monoisotopic (exact) mass is 288 g/mol. The van der Waals surface area contributed by atoms with Gasteiger partial charge in [0.1, 0.15) is 0 Å². The van der Waals surface area contributed by atoms with Gasteiger partial charge in [-0.3, -0.25) is 9.69 Å². The van der Waals surface area contributed by atoms with Gasteiger partial charge in [0.15, 0.2) is 0 Å². The van der Waals surface area contributed by atoms with E-state index in [0.717, 1.165) is 6.54 Å². The Morgan fingerprint density at radius 1 is 1.25 bits per heavy atom. The second-order valence-corrected chi connectivity index (χ2v) is 5.94. The summed E-state index contributed by atoms with van der Waals surface area (Å²) in [6, 6.07) is 14.3. The van der Waals surface area contributed by atoms with Crippen LogP contribution in [0.1, 0.15) is 23.4 Å². The summed E-state index contributed by atoms with van der Waals surface area (Å²) in [4.78, 5) is 15.2. The van der Waals surface area contributed by atoms with Gasteiger partial charge in [0, 0.05) is 11.4 Å². The molecule has 0 spiro atoms.